The quantitative estimate of drug-likeness (QED) is 0.295. The molecular weight excluding hydrogens is 425 g/mol. The van der Waals surface area contributed by atoms with Crippen molar-refractivity contribution in [3.05, 3.63) is 83.6 Å². The highest BCUT2D eigenvalue weighted by molar-refractivity contribution is 6.43. The second-order valence-corrected chi connectivity index (χ2v) is 6.52. The van der Waals surface area contributed by atoms with Crippen LogP contribution < -0.4 is 4.74 Å². The van der Waals surface area contributed by atoms with Gasteiger partial charge in [0.1, 0.15) is 19.5 Å². The van der Waals surface area contributed by atoms with Crippen LogP contribution in [0, 0.1) is 0 Å². The molecule has 166 valence electrons. The van der Waals surface area contributed by atoms with Crippen LogP contribution in [0.5, 0.6) is 5.75 Å². The fourth-order valence-electron chi connectivity index (χ4n) is 2.93. The van der Waals surface area contributed by atoms with E-state index in [0.29, 0.717) is 22.4 Å². The maximum atomic E-state index is 13.0. The van der Waals surface area contributed by atoms with Crippen LogP contribution in [0.25, 0.3) is 11.3 Å². The molecule has 0 bridgehead atoms. The number of nitrogens with zero attached hydrogens (tertiary/aromatic N) is 2. The van der Waals surface area contributed by atoms with Crippen LogP contribution in [0.15, 0.2) is 72.0 Å². The predicted octanol–water partition coefficient (Wildman–Crippen LogP) is 4.87. The van der Waals surface area contributed by atoms with Crippen LogP contribution >= 0.6 is 0 Å². The number of carbonyl (C=O) groups excluding carboxylic acids is 1. The van der Waals surface area contributed by atoms with Gasteiger partial charge >= 0.3 is 12.1 Å². The highest BCUT2D eigenvalue weighted by Crippen LogP contribution is 2.32. The number of esters is 1. The summed E-state index contributed by atoms with van der Waals surface area (Å²) >= 11 is 0. The van der Waals surface area contributed by atoms with Crippen molar-refractivity contribution in [2.75, 3.05) is 14.2 Å². The number of oxime groups is 1. The Morgan fingerprint density at radius 2 is 1.81 bits per heavy atom. The number of methoxy groups -OCH3 is 1. The molecule has 3 rings (SSSR count). The highest BCUT2D eigenvalue weighted by atomic mass is 19.4. The van der Waals surface area contributed by atoms with Gasteiger partial charge < -0.3 is 14.3 Å². The van der Waals surface area contributed by atoms with Gasteiger partial charge in [0.2, 0.25) is 0 Å². The zero-order chi connectivity index (χ0) is 23.1. The maximum absolute atomic E-state index is 13.0. The Labute approximate surface area is 182 Å². The summed E-state index contributed by atoms with van der Waals surface area (Å²) in [6.45, 7) is 0.0649. The first-order valence-electron chi connectivity index (χ1n) is 9.37. The molecule has 2 aromatic carbocycles. The van der Waals surface area contributed by atoms with Crippen molar-refractivity contribution in [3.63, 3.8) is 0 Å². The molecule has 0 N–H and O–H groups in total. The van der Waals surface area contributed by atoms with E-state index in [1.165, 1.54) is 14.2 Å². The van der Waals surface area contributed by atoms with Gasteiger partial charge in [-0.1, -0.05) is 41.6 Å². The Morgan fingerprint density at radius 1 is 1.03 bits per heavy atom. The number of ether oxygens (including phenoxy) is 2. The van der Waals surface area contributed by atoms with Gasteiger partial charge in [-0.15, -0.1) is 0 Å². The molecule has 0 aliphatic rings. The number of hydrogen-bond acceptors (Lipinski definition) is 6. The molecule has 0 aliphatic heterocycles. The first-order valence-corrected chi connectivity index (χ1v) is 9.37. The van der Waals surface area contributed by atoms with Crippen molar-refractivity contribution in [2.24, 2.45) is 5.16 Å². The van der Waals surface area contributed by atoms with Crippen LogP contribution in [0.1, 0.15) is 16.7 Å². The van der Waals surface area contributed by atoms with E-state index in [4.69, 9.17) is 14.3 Å². The number of halogens is 3. The largest absolute Gasteiger partial charge is 0.489 e. The Bertz CT molecular complexity index is 1130. The lowest BCUT2D eigenvalue weighted by Gasteiger charge is -2.13. The van der Waals surface area contributed by atoms with Gasteiger partial charge in [-0.2, -0.15) is 13.2 Å². The summed E-state index contributed by atoms with van der Waals surface area (Å²) in [5.74, 6) is -0.253. The Morgan fingerprint density at radius 3 is 2.53 bits per heavy atom. The van der Waals surface area contributed by atoms with E-state index in [9.17, 15) is 18.0 Å². The standard InChI is InChI=1S/C23H19F3N2O4/c1-30-22(29)21(28-31-2)19-9-4-3-6-16(19)14-32-18-8-5-7-15(12-18)20-13-17(10-11-27-20)23(24,25)26/h3-13H,14H2,1-2H3/b28-21+. The van der Waals surface area contributed by atoms with E-state index in [1.807, 2.05) is 0 Å². The van der Waals surface area contributed by atoms with Crippen molar-refractivity contribution in [2.45, 2.75) is 12.8 Å². The monoisotopic (exact) mass is 444 g/mol. The summed E-state index contributed by atoms with van der Waals surface area (Å²) < 4.78 is 49.6. The van der Waals surface area contributed by atoms with Crippen LogP contribution in [0.2, 0.25) is 0 Å². The maximum Gasteiger partial charge on any atom is 0.416 e. The summed E-state index contributed by atoms with van der Waals surface area (Å²) in [4.78, 5) is 20.9. The molecule has 0 fully saturated rings. The van der Waals surface area contributed by atoms with Crippen LogP contribution in [-0.4, -0.2) is 30.9 Å². The molecule has 9 heteroatoms. The zero-order valence-electron chi connectivity index (χ0n) is 17.2. The molecule has 0 saturated carbocycles. The third-order valence-corrected chi connectivity index (χ3v) is 4.45. The topological polar surface area (TPSA) is 70.0 Å². The van der Waals surface area contributed by atoms with Crippen molar-refractivity contribution < 1.29 is 32.3 Å². The number of hydrogen-bond donors (Lipinski definition) is 0. The minimum Gasteiger partial charge on any atom is -0.489 e. The van der Waals surface area contributed by atoms with Gasteiger partial charge in [-0.25, -0.2) is 4.79 Å². The second-order valence-electron chi connectivity index (χ2n) is 6.52. The van der Waals surface area contributed by atoms with Crippen molar-refractivity contribution >= 4 is 11.7 Å². The van der Waals surface area contributed by atoms with E-state index in [2.05, 4.69) is 10.1 Å². The number of pyridine rings is 1. The number of rotatable bonds is 7. The normalized spacial score (nSPS) is 11.7. The van der Waals surface area contributed by atoms with E-state index < -0.39 is 17.7 Å². The summed E-state index contributed by atoms with van der Waals surface area (Å²) in [7, 11) is 2.55. The summed E-state index contributed by atoms with van der Waals surface area (Å²) in [6, 6.07) is 15.4. The molecule has 0 atom stereocenters. The molecule has 32 heavy (non-hydrogen) atoms. The van der Waals surface area contributed by atoms with Gasteiger partial charge in [0.15, 0.2) is 5.71 Å². The smallest absolute Gasteiger partial charge is 0.416 e. The average molecular weight is 444 g/mol. The third-order valence-electron chi connectivity index (χ3n) is 4.45. The molecule has 0 unspecified atom stereocenters. The molecule has 6 nitrogen and oxygen atoms in total. The van der Waals surface area contributed by atoms with Crippen molar-refractivity contribution in [3.8, 4) is 17.0 Å². The van der Waals surface area contributed by atoms with Gasteiger partial charge in [0, 0.05) is 17.3 Å². The van der Waals surface area contributed by atoms with E-state index >= 15 is 0 Å². The van der Waals surface area contributed by atoms with Crippen LogP contribution in [0.4, 0.5) is 13.2 Å². The Hall–Kier alpha value is -3.88. The number of carbonyl (C=O) groups is 1. The average Bonchev–Trinajstić information content (AvgIpc) is 2.81. The highest BCUT2D eigenvalue weighted by Gasteiger charge is 2.30. The van der Waals surface area contributed by atoms with Gasteiger partial charge in [0.05, 0.1) is 18.4 Å². The SMILES string of the molecule is CO/N=C(/C(=O)OC)c1ccccc1COc1cccc(-c2cc(C(F)(F)F)ccn2)c1. The lowest BCUT2D eigenvalue weighted by atomic mass is 10.0. The second kappa shape index (κ2) is 9.95. The molecular formula is C23H19F3N2O4. The molecule has 0 radical (unpaired) electrons. The molecule has 0 amide bonds. The summed E-state index contributed by atoms with van der Waals surface area (Å²) in [6.07, 6.45) is -3.35. The van der Waals surface area contributed by atoms with E-state index in [0.717, 1.165) is 18.3 Å². The number of aromatic nitrogens is 1. The third kappa shape index (κ3) is 5.42. The Balaban J connectivity index is 1.84. The molecule has 0 spiro atoms. The zero-order valence-corrected chi connectivity index (χ0v) is 17.2. The first-order chi connectivity index (χ1) is 15.3. The molecule has 0 aliphatic carbocycles. The first kappa shape index (κ1) is 22.8. The minimum atomic E-state index is -4.46. The molecule has 1 aromatic heterocycles. The van der Waals surface area contributed by atoms with Crippen molar-refractivity contribution in [1.82, 2.24) is 4.98 Å². The predicted molar refractivity (Wildman–Crippen MR) is 111 cm³/mol. The fourth-order valence-corrected chi connectivity index (χ4v) is 2.93. The van der Waals surface area contributed by atoms with Gasteiger partial charge in [-0.3, -0.25) is 4.98 Å². The Kier molecular flexibility index (Phi) is 7.09. The summed E-state index contributed by atoms with van der Waals surface area (Å²) in [5.41, 5.74) is 0.948. The van der Waals surface area contributed by atoms with E-state index in [1.54, 1.807) is 48.5 Å². The molecule has 0 saturated heterocycles. The van der Waals surface area contributed by atoms with Gasteiger partial charge in [-0.05, 0) is 29.8 Å². The van der Waals surface area contributed by atoms with Crippen molar-refractivity contribution in [1.29, 1.82) is 0 Å². The number of benzene rings is 2. The lowest BCUT2D eigenvalue weighted by molar-refractivity contribution is -0.137. The molecule has 3 aromatic rings. The van der Waals surface area contributed by atoms with E-state index in [-0.39, 0.29) is 18.0 Å². The van der Waals surface area contributed by atoms with Crippen LogP contribution in [-0.2, 0) is 27.2 Å². The fraction of sp³-hybridized carbons (Fsp3) is 0.174. The van der Waals surface area contributed by atoms with Crippen LogP contribution in [0.3, 0.4) is 0 Å². The minimum absolute atomic E-state index is 0.0175. The van der Waals surface area contributed by atoms with Gasteiger partial charge in [0.25, 0.3) is 0 Å². The lowest BCUT2D eigenvalue weighted by Crippen LogP contribution is -2.19. The molecule has 1 heterocycles. The summed E-state index contributed by atoms with van der Waals surface area (Å²) in [5, 5.41) is 3.75. The number of alkyl halides is 3.